The van der Waals surface area contributed by atoms with Gasteiger partial charge in [0.25, 0.3) is 5.91 Å². The van der Waals surface area contributed by atoms with Gasteiger partial charge in [0.2, 0.25) is 0 Å². The van der Waals surface area contributed by atoms with E-state index in [2.05, 4.69) is 10.3 Å². The molecule has 0 unspecified atom stereocenters. The number of para-hydroxylation sites is 1. The van der Waals surface area contributed by atoms with E-state index in [9.17, 15) is 9.90 Å². The Hall–Kier alpha value is -2.33. The van der Waals surface area contributed by atoms with Crippen molar-refractivity contribution in [2.75, 3.05) is 11.9 Å². The maximum atomic E-state index is 12.4. The van der Waals surface area contributed by atoms with Crippen LogP contribution in [0.3, 0.4) is 0 Å². The number of aromatic amines is 1. The Morgan fingerprint density at radius 2 is 1.96 bits per heavy atom. The van der Waals surface area contributed by atoms with Crippen molar-refractivity contribution in [2.45, 2.75) is 44.9 Å². The molecule has 4 heteroatoms. The minimum absolute atomic E-state index is 0.0425. The summed E-state index contributed by atoms with van der Waals surface area (Å²) in [6, 6.07) is 7.82. The number of aliphatic hydroxyl groups excluding tert-OH is 1. The summed E-state index contributed by atoms with van der Waals surface area (Å²) in [5.41, 5.74) is 7.64. The highest BCUT2D eigenvalue weighted by atomic mass is 16.2. The third-order valence-corrected chi connectivity index (χ3v) is 5.28. The Balaban J connectivity index is 1.78. The van der Waals surface area contributed by atoms with Gasteiger partial charge in [0, 0.05) is 29.2 Å². The van der Waals surface area contributed by atoms with Crippen LogP contribution in [0.2, 0.25) is 0 Å². The molecule has 0 fully saturated rings. The summed E-state index contributed by atoms with van der Waals surface area (Å²) in [4.78, 5) is 16.0. The molecule has 0 atom stereocenters. The van der Waals surface area contributed by atoms with Gasteiger partial charge in [-0.3, -0.25) is 4.79 Å². The predicted molar refractivity (Wildman–Crippen MR) is 100 cm³/mol. The maximum absolute atomic E-state index is 12.4. The molecule has 3 N–H and O–H groups in total. The van der Waals surface area contributed by atoms with Crippen LogP contribution in [0.4, 0.5) is 5.69 Å². The summed E-state index contributed by atoms with van der Waals surface area (Å²) in [6.45, 7) is 0.194. The summed E-state index contributed by atoms with van der Waals surface area (Å²) in [7, 11) is 0. The minimum atomic E-state index is -0.0425. The molecule has 130 valence electrons. The van der Waals surface area contributed by atoms with Crippen LogP contribution in [0.15, 0.2) is 24.3 Å². The third-order valence-electron chi connectivity index (χ3n) is 5.28. The lowest BCUT2D eigenvalue weighted by Gasteiger charge is -2.05. The normalized spacial score (nSPS) is 18.0. The fourth-order valence-corrected chi connectivity index (χ4v) is 4.04. The number of fused-ring (bicyclic) bond motifs is 2. The minimum Gasteiger partial charge on any atom is -0.396 e. The number of H-pyrrole nitrogens is 1. The highest BCUT2D eigenvalue weighted by Gasteiger charge is 2.25. The first-order valence-corrected chi connectivity index (χ1v) is 9.24. The number of rotatable bonds is 4. The third kappa shape index (κ3) is 3.02. The van der Waals surface area contributed by atoms with Crippen LogP contribution in [0.25, 0.3) is 11.6 Å². The van der Waals surface area contributed by atoms with E-state index >= 15 is 0 Å². The van der Waals surface area contributed by atoms with Crippen LogP contribution in [0.5, 0.6) is 0 Å². The number of aryl methyl sites for hydroxylation is 1. The molecule has 1 aliphatic heterocycles. The van der Waals surface area contributed by atoms with Crippen LogP contribution >= 0.6 is 0 Å². The fourth-order valence-electron chi connectivity index (χ4n) is 4.04. The Labute approximate surface area is 148 Å². The largest absolute Gasteiger partial charge is 0.396 e. The Morgan fingerprint density at radius 1 is 1.12 bits per heavy atom. The molecule has 0 bridgehead atoms. The number of aromatic nitrogens is 1. The van der Waals surface area contributed by atoms with E-state index < -0.39 is 0 Å². The van der Waals surface area contributed by atoms with Crippen LogP contribution < -0.4 is 5.32 Å². The topological polar surface area (TPSA) is 65.1 Å². The highest BCUT2D eigenvalue weighted by molar-refractivity contribution is 6.34. The lowest BCUT2D eigenvalue weighted by atomic mass is 9.98. The summed E-state index contributed by atoms with van der Waals surface area (Å²) in [6.07, 6.45) is 9.49. The lowest BCUT2D eigenvalue weighted by molar-refractivity contribution is -0.110. The molecular weight excluding hydrogens is 312 g/mol. The first kappa shape index (κ1) is 16.2. The van der Waals surface area contributed by atoms with Gasteiger partial charge in [-0.05, 0) is 61.8 Å². The summed E-state index contributed by atoms with van der Waals surface area (Å²) in [5, 5.41) is 12.2. The second-order valence-electron chi connectivity index (χ2n) is 6.92. The van der Waals surface area contributed by atoms with Gasteiger partial charge in [-0.25, -0.2) is 0 Å². The number of aliphatic hydroxyl groups is 1. The van der Waals surface area contributed by atoms with E-state index in [-0.39, 0.29) is 12.5 Å². The Bertz CT molecular complexity index is 832. The highest BCUT2D eigenvalue weighted by Crippen LogP contribution is 2.35. The summed E-state index contributed by atoms with van der Waals surface area (Å²) < 4.78 is 0. The van der Waals surface area contributed by atoms with E-state index in [0.717, 1.165) is 48.2 Å². The molecular formula is C21H24N2O2. The molecule has 0 spiro atoms. The number of benzene rings is 1. The van der Waals surface area contributed by atoms with E-state index in [1.807, 2.05) is 30.3 Å². The Kier molecular flexibility index (Phi) is 4.45. The molecule has 1 aliphatic carbocycles. The fraction of sp³-hybridized carbons (Fsp3) is 0.381. The van der Waals surface area contributed by atoms with E-state index in [4.69, 9.17) is 0 Å². The van der Waals surface area contributed by atoms with Crippen molar-refractivity contribution < 1.29 is 9.90 Å². The van der Waals surface area contributed by atoms with Crippen molar-refractivity contribution >= 4 is 23.2 Å². The standard InChI is InChI=1S/C21H24N2O2/c24-12-6-9-15-14-7-2-1-3-10-18(14)22-20(15)13-17-16-8-4-5-11-19(16)23-21(17)25/h4-5,8,11,13,22,24H,1-3,6-7,9-10,12H2,(H,23,25). The van der Waals surface area contributed by atoms with Crippen molar-refractivity contribution in [3.05, 3.63) is 52.3 Å². The zero-order chi connectivity index (χ0) is 17.2. The molecule has 25 heavy (non-hydrogen) atoms. The zero-order valence-corrected chi connectivity index (χ0v) is 14.4. The Morgan fingerprint density at radius 3 is 2.84 bits per heavy atom. The molecule has 4 rings (SSSR count). The lowest BCUT2D eigenvalue weighted by Crippen LogP contribution is -2.04. The number of amides is 1. The van der Waals surface area contributed by atoms with E-state index in [0.29, 0.717) is 0 Å². The predicted octanol–water partition coefficient (Wildman–Crippen LogP) is 3.70. The quantitative estimate of drug-likeness (QED) is 0.589. The maximum Gasteiger partial charge on any atom is 0.256 e. The van der Waals surface area contributed by atoms with Crippen molar-refractivity contribution in [3.63, 3.8) is 0 Å². The molecule has 1 aromatic carbocycles. The van der Waals surface area contributed by atoms with Crippen LogP contribution in [-0.4, -0.2) is 22.6 Å². The van der Waals surface area contributed by atoms with Gasteiger partial charge in [-0.2, -0.15) is 0 Å². The first-order chi connectivity index (χ1) is 12.3. The molecule has 4 nitrogen and oxygen atoms in total. The second-order valence-corrected chi connectivity index (χ2v) is 6.92. The molecule has 2 aliphatic rings. The number of carbonyl (C=O) groups is 1. The smallest absolute Gasteiger partial charge is 0.256 e. The summed E-state index contributed by atoms with van der Waals surface area (Å²) in [5.74, 6) is -0.0425. The van der Waals surface area contributed by atoms with E-state index in [1.54, 1.807) is 0 Å². The second kappa shape index (κ2) is 6.89. The van der Waals surface area contributed by atoms with Gasteiger partial charge in [0.1, 0.15) is 0 Å². The number of anilines is 1. The van der Waals surface area contributed by atoms with Crippen LogP contribution in [-0.2, 0) is 24.1 Å². The van der Waals surface area contributed by atoms with Crippen molar-refractivity contribution in [1.29, 1.82) is 0 Å². The van der Waals surface area contributed by atoms with Crippen molar-refractivity contribution in [2.24, 2.45) is 0 Å². The number of nitrogens with one attached hydrogen (secondary N) is 2. The van der Waals surface area contributed by atoms with Gasteiger partial charge in [0.15, 0.2) is 0 Å². The first-order valence-electron chi connectivity index (χ1n) is 9.24. The molecule has 2 aromatic rings. The number of hydrogen-bond acceptors (Lipinski definition) is 2. The number of carbonyl (C=O) groups excluding carboxylic acids is 1. The van der Waals surface area contributed by atoms with E-state index in [1.165, 1.54) is 36.1 Å². The van der Waals surface area contributed by atoms with Gasteiger partial charge >= 0.3 is 0 Å². The molecule has 0 saturated heterocycles. The molecule has 2 heterocycles. The van der Waals surface area contributed by atoms with Crippen molar-refractivity contribution in [1.82, 2.24) is 4.98 Å². The average Bonchev–Trinajstić information content (AvgIpc) is 3.00. The van der Waals surface area contributed by atoms with Gasteiger partial charge in [0.05, 0.1) is 5.57 Å². The SMILES string of the molecule is O=C1Nc2ccccc2C1=Cc1[nH]c2c(c1CCCO)CCCCC2. The van der Waals surface area contributed by atoms with Crippen molar-refractivity contribution in [3.8, 4) is 0 Å². The van der Waals surface area contributed by atoms with Gasteiger partial charge < -0.3 is 15.4 Å². The summed E-state index contributed by atoms with van der Waals surface area (Å²) >= 11 is 0. The molecule has 1 aromatic heterocycles. The zero-order valence-electron chi connectivity index (χ0n) is 14.4. The van der Waals surface area contributed by atoms with Crippen LogP contribution in [0, 0.1) is 0 Å². The molecule has 0 radical (unpaired) electrons. The molecule has 1 amide bonds. The van der Waals surface area contributed by atoms with Gasteiger partial charge in [-0.1, -0.05) is 24.6 Å². The van der Waals surface area contributed by atoms with Crippen LogP contribution in [0.1, 0.15) is 53.8 Å². The molecule has 0 saturated carbocycles. The monoisotopic (exact) mass is 336 g/mol. The van der Waals surface area contributed by atoms with Gasteiger partial charge in [-0.15, -0.1) is 0 Å². The average molecular weight is 336 g/mol. The number of hydrogen-bond donors (Lipinski definition) is 3.